The predicted octanol–water partition coefficient (Wildman–Crippen LogP) is 1.06. The molecule has 0 saturated heterocycles. The first kappa shape index (κ1) is 12.7. The molecule has 0 unspecified atom stereocenters. The van der Waals surface area contributed by atoms with E-state index in [4.69, 9.17) is 5.73 Å². The Morgan fingerprint density at radius 3 is 2.38 bits per heavy atom. The van der Waals surface area contributed by atoms with Crippen molar-refractivity contribution >= 4 is 5.82 Å². The zero-order valence-electron chi connectivity index (χ0n) is 9.04. The number of nitrogens with zero attached hydrogens (tertiary/aromatic N) is 3. The summed E-state index contributed by atoms with van der Waals surface area (Å²) < 4.78 is 37.4. The molecule has 0 saturated carbocycles. The molecule has 1 rings (SSSR count). The number of halogens is 3. The van der Waals surface area contributed by atoms with Gasteiger partial charge in [0.2, 0.25) is 5.82 Å². The maximum absolute atomic E-state index is 12.5. The molecular formula is C9H13F3N4. The van der Waals surface area contributed by atoms with Gasteiger partial charge >= 0.3 is 6.18 Å². The van der Waals surface area contributed by atoms with Crippen LogP contribution in [-0.2, 0) is 12.6 Å². The fraction of sp³-hybridized carbons (Fsp3) is 0.556. The molecule has 7 heteroatoms. The minimum Gasteiger partial charge on any atom is -0.363 e. The summed E-state index contributed by atoms with van der Waals surface area (Å²) in [7, 11) is 3.24. The van der Waals surface area contributed by atoms with Crippen molar-refractivity contribution in [2.75, 3.05) is 25.5 Å². The number of anilines is 1. The van der Waals surface area contributed by atoms with Crippen LogP contribution in [0.3, 0.4) is 0 Å². The minimum absolute atomic E-state index is 0.228. The third kappa shape index (κ3) is 3.06. The Morgan fingerprint density at radius 2 is 1.94 bits per heavy atom. The first-order valence-electron chi connectivity index (χ1n) is 4.67. The highest BCUT2D eigenvalue weighted by Gasteiger charge is 2.35. The molecule has 0 amide bonds. The van der Waals surface area contributed by atoms with Gasteiger partial charge in [0.25, 0.3) is 0 Å². The van der Waals surface area contributed by atoms with Crippen LogP contribution < -0.4 is 10.6 Å². The Balaban J connectivity index is 3.19. The topological polar surface area (TPSA) is 55.0 Å². The van der Waals surface area contributed by atoms with Crippen molar-refractivity contribution in [1.29, 1.82) is 0 Å². The molecule has 90 valence electrons. The van der Waals surface area contributed by atoms with E-state index in [-0.39, 0.29) is 12.4 Å². The van der Waals surface area contributed by atoms with Gasteiger partial charge in [0.05, 0.1) is 0 Å². The van der Waals surface area contributed by atoms with Crippen LogP contribution in [0.15, 0.2) is 6.07 Å². The van der Waals surface area contributed by atoms with Crippen LogP contribution in [0.5, 0.6) is 0 Å². The second kappa shape index (κ2) is 4.65. The van der Waals surface area contributed by atoms with Crippen molar-refractivity contribution in [2.45, 2.75) is 12.6 Å². The van der Waals surface area contributed by atoms with Crippen molar-refractivity contribution in [2.24, 2.45) is 5.73 Å². The number of aromatic nitrogens is 2. The third-order valence-electron chi connectivity index (χ3n) is 1.88. The van der Waals surface area contributed by atoms with Gasteiger partial charge in [-0.05, 0) is 6.54 Å². The summed E-state index contributed by atoms with van der Waals surface area (Å²) in [6.45, 7) is 0.251. The van der Waals surface area contributed by atoms with Crippen molar-refractivity contribution < 1.29 is 13.2 Å². The lowest BCUT2D eigenvalue weighted by molar-refractivity contribution is -0.145. The largest absolute Gasteiger partial charge is 0.451 e. The molecule has 1 aromatic rings. The van der Waals surface area contributed by atoms with E-state index < -0.39 is 12.0 Å². The van der Waals surface area contributed by atoms with Crippen LogP contribution in [0, 0.1) is 0 Å². The molecule has 4 nitrogen and oxygen atoms in total. The summed E-state index contributed by atoms with van der Waals surface area (Å²) in [5, 5.41) is 0. The summed E-state index contributed by atoms with van der Waals surface area (Å²) in [5.41, 5.74) is 5.59. The molecule has 1 heterocycles. The summed E-state index contributed by atoms with van der Waals surface area (Å²) in [6, 6.07) is 1.50. The minimum atomic E-state index is -4.53. The SMILES string of the molecule is CN(C)c1cc(CCN)nc(C(F)(F)F)n1. The van der Waals surface area contributed by atoms with Gasteiger partial charge in [0.1, 0.15) is 5.82 Å². The molecule has 0 fully saturated rings. The van der Waals surface area contributed by atoms with Crippen molar-refractivity contribution in [3.63, 3.8) is 0 Å². The monoisotopic (exact) mass is 234 g/mol. The molecule has 0 aliphatic heterocycles. The zero-order valence-corrected chi connectivity index (χ0v) is 9.04. The number of hydrogen-bond acceptors (Lipinski definition) is 4. The first-order chi connectivity index (χ1) is 7.34. The lowest BCUT2D eigenvalue weighted by Gasteiger charge is -2.14. The van der Waals surface area contributed by atoms with Gasteiger partial charge in [0.15, 0.2) is 0 Å². The van der Waals surface area contributed by atoms with Gasteiger partial charge in [-0.2, -0.15) is 13.2 Å². The molecular weight excluding hydrogens is 221 g/mol. The molecule has 0 aromatic carbocycles. The Kier molecular flexibility index (Phi) is 3.69. The smallest absolute Gasteiger partial charge is 0.363 e. The molecule has 0 radical (unpaired) electrons. The Morgan fingerprint density at radius 1 is 1.31 bits per heavy atom. The molecule has 0 atom stereocenters. The van der Waals surface area contributed by atoms with E-state index in [1.54, 1.807) is 14.1 Å². The van der Waals surface area contributed by atoms with E-state index in [0.29, 0.717) is 12.1 Å². The lowest BCUT2D eigenvalue weighted by atomic mass is 10.3. The van der Waals surface area contributed by atoms with Gasteiger partial charge in [-0.1, -0.05) is 0 Å². The van der Waals surface area contributed by atoms with Gasteiger partial charge in [-0.25, -0.2) is 9.97 Å². The van der Waals surface area contributed by atoms with Gasteiger partial charge in [-0.15, -0.1) is 0 Å². The zero-order chi connectivity index (χ0) is 12.3. The van der Waals surface area contributed by atoms with E-state index in [9.17, 15) is 13.2 Å². The number of hydrogen-bond donors (Lipinski definition) is 1. The third-order valence-corrected chi connectivity index (χ3v) is 1.88. The highest BCUT2D eigenvalue weighted by Crippen LogP contribution is 2.27. The Bertz CT molecular complexity index is 362. The summed E-state index contributed by atoms with van der Waals surface area (Å²) in [6.07, 6.45) is -4.23. The molecule has 0 aliphatic carbocycles. The van der Waals surface area contributed by atoms with Crippen molar-refractivity contribution in [1.82, 2.24) is 9.97 Å². The number of nitrogens with two attached hydrogens (primary N) is 1. The van der Waals surface area contributed by atoms with E-state index >= 15 is 0 Å². The van der Waals surface area contributed by atoms with Crippen LogP contribution in [-0.4, -0.2) is 30.6 Å². The summed E-state index contributed by atoms with van der Waals surface area (Å²) in [5.74, 6) is -0.895. The molecule has 16 heavy (non-hydrogen) atoms. The van der Waals surface area contributed by atoms with Gasteiger partial charge in [0, 0.05) is 32.3 Å². The Hall–Kier alpha value is -1.37. The fourth-order valence-electron chi connectivity index (χ4n) is 1.11. The van der Waals surface area contributed by atoms with E-state index in [2.05, 4.69) is 9.97 Å². The Labute approximate surface area is 91.3 Å². The summed E-state index contributed by atoms with van der Waals surface area (Å²) in [4.78, 5) is 8.37. The lowest BCUT2D eigenvalue weighted by Crippen LogP contribution is -2.19. The van der Waals surface area contributed by atoms with Gasteiger partial charge < -0.3 is 10.6 Å². The van der Waals surface area contributed by atoms with E-state index in [1.165, 1.54) is 11.0 Å². The maximum atomic E-state index is 12.5. The van der Waals surface area contributed by atoms with E-state index in [1.807, 2.05) is 0 Å². The number of rotatable bonds is 3. The van der Waals surface area contributed by atoms with E-state index in [0.717, 1.165) is 0 Å². The van der Waals surface area contributed by atoms with Gasteiger partial charge in [-0.3, -0.25) is 0 Å². The van der Waals surface area contributed by atoms with Crippen LogP contribution in [0.2, 0.25) is 0 Å². The standard InChI is InChI=1S/C9H13F3N4/c1-16(2)7-5-6(3-4-13)14-8(15-7)9(10,11)12/h5H,3-4,13H2,1-2H3. The number of alkyl halides is 3. The average Bonchev–Trinajstić information content (AvgIpc) is 2.16. The molecule has 0 aliphatic rings. The molecule has 1 aromatic heterocycles. The van der Waals surface area contributed by atoms with Crippen LogP contribution in [0.1, 0.15) is 11.5 Å². The summed E-state index contributed by atoms with van der Waals surface area (Å²) >= 11 is 0. The quantitative estimate of drug-likeness (QED) is 0.849. The maximum Gasteiger partial charge on any atom is 0.451 e. The predicted molar refractivity (Wildman–Crippen MR) is 54.1 cm³/mol. The van der Waals surface area contributed by atoms with Crippen molar-refractivity contribution in [3.05, 3.63) is 17.6 Å². The van der Waals surface area contributed by atoms with Crippen LogP contribution in [0.25, 0.3) is 0 Å². The molecule has 2 N–H and O–H groups in total. The highest BCUT2D eigenvalue weighted by atomic mass is 19.4. The second-order valence-electron chi connectivity index (χ2n) is 3.47. The average molecular weight is 234 g/mol. The van der Waals surface area contributed by atoms with Crippen molar-refractivity contribution in [3.8, 4) is 0 Å². The fourth-order valence-corrected chi connectivity index (χ4v) is 1.11. The molecule has 0 spiro atoms. The second-order valence-corrected chi connectivity index (χ2v) is 3.47. The highest BCUT2D eigenvalue weighted by molar-refractivity contribution is 5.38. The van der Waals surface area contributed by atoms with Crippen LogP contribution in [0.4, 0.5) is 19.0 Å². The molecule has 0 bridgehead atoms. The first-order valence-corrected chi connectivity index (χ1v) is 4.67. The van der Waals surface area contributed by atoms with Crippen LogP contribution >= 0.6 is 0 Å². The normalized spacial score (nSPS) is 11.6.